The van der Waals surface area contributed by atoms with Crippen LogP contribution in [0.4, 0.5) is 5.95 Å². The van der Waals surface area contributed by atoms with Crippen LogP contribution < -0.4 is 5.32 Å². The monoisotopic (exact) mass is 446 g/mol. The molecular formula is C24H24N5O4+. The largest absolute Gasteiger partial charge is 0.453 e. The summed E-state index contributed by atoms with van der Waals surface area (Å²) in [5.74, 6) is -0.717. The Morgan fingerprint density at radius 3 is 2.33 bits per heavy atom. The molecule has 2 N–H and O–H groups in total. The Bertz CT molecular complexity index is 1170. The van der Waals surface area contributed by atoms with Gasteiger partial charge in [0, 0.05) is 17.5 Å². The topological polar surface area (TPSA) is 114 Å². The molecule has 0 saturated carbocycles. The number of aromatic nitrogens is 3. The van der Waals surface area contributed by atoms with E-state index < -0.39 is 17.7 Å². The average Bonchev–Trinajstić information content (AvgIpc) is 3.30. The summed E-state index contributed by atoms with van der Waals surface area (Å²) in [5, 5.41) is 14.3. The Hall–Kier alpha value is -3.69. The van der Waals surface area contributed by atoms with E-state index in [9.17, 15) is 14.7 Å². The zero-order valence-electron chi connectivity index (χ0n) is 18.1. The Morgan fingerprint density at radius 1 is 1.09 bits per heavy atom. The third-order valence-electron chi connectivity index (χ3n) is 6.40. The molecule has 0 bridgehead atoms. The van der Waals surface area contributed by atoms with Crippen LogP contribution >= 0.6 is 0 Å². The van der Waals surface area contributed by atoms with Gasteiger partial charge in [0.1, 0.15) is 19.2 Å². The number of hydrogen-bond donors (Lipinski definition) is 2. The van der Waals surface area contributed by atoms with Gasteiger partial charge in [-0.05, 0) is 11.1 Å². The minimum atomic E-state index is -1.85. The number of ether oxygens (including phenoxy) is 1. The van der Waals surface area contributed by atoms with Crippen molar-refractivity contribution in [3.63, 3.8) is 0 Å². The Morgan fingerprint density at radius 2 is 1.70 bits per heavy atom. The summed E-state index contributed by atoms with van der Waals surface area (Å²) in [6, 6.07) is 14.7. The molecule has 2 atom stereocenters. The Kier molecular flexibility index (Phi) is 5.15. The number of quaternary nitrogens is 1. The number of esters is 1. The number of amides is 1. The highest BCUT2D eigenvalue weighted by molar-refractivity contribution is 5.96. The number of benzene rings is 2. The van der Waals surface area contributed by atoms with Gasteiger partial charge in [-0.15, -0.1) is 0 Å². The number of carbonyl (C=O) groups excluding carboxylic acids is 2. The van der Waals surface area contributed by atoms with Crippen molar-refractivity contribution in [3.8, 4) is 11.1 Å². The molecule has 1 amide bonds. The number of aliphatic hydroxyl groups is 1. The third kappa shape index (κ3) is 3.75. The molecule has 3 aromatic rings. The van der Waals surface area contributed by atoms with Crippen molar-refractivity contribution in [2.75, 3.05) is 32.0 Å². The fourth-order valence-electron chi connectivity index (χ4n) is 4.85. The molecule has 2 aromatic carbocycles. The molecule has 1 aliphatic carbocycles. The maximum absolute atomic E-state index is 13.3. The van der Waals surface area contributed by atoms with Crippen LogP contribution in [0.1, 0.15) is 17.5 Å². The van der Waals surface area contributed by atoms with Gasteiger partial charge in [0.25, 0.3) is 5.91 Å². The highest BCUT2D eigenvalue weighted by atomic mass is 16.6. The number of likely N-dealkylation sites (tertiary alicyclic amines) is 1. The molecule has 1 aromatic heterocycles. The van der Waals surface area contributed by atoms with Gasteiger partial charge >= 0.3 is 5.97 Å². The van der Waals surface area contributed by atoms with Crippen LogP contribution in [0, 0.1) is 0 Å². The lowest BCUT2D eigenvalue weighted by Gasteiger charge is -2.29. The van der Waals surface area contributed by atoms with Gasteiger partial charge in [0.05, 0.1) is 13.6 Å². The van der Waals surface area contributed by atoms with Crippen LogP contribution in [0.15, 0.2) is 61.2 Å². The van der Waals surface area contributed by atoms with E-state index in [4.69, 9.17) is 4.74 Å². The standard InChI is InChI=1S/C24H23N5O4/c1-29(13-21(30)28-23-26-14-25-15-27-23)11-10-16(12-29)33-22(31)24(32)19-8-4-2-6-17(19)18-7-3-5-9-20(18)24/h2-9,14-16,32H,10-13H2,1H3/p+1. The zero-order valence-corrected chi connectivity index (χ0v) is 18.1. The maximum atomic E-state index is 13.3. The van der Waals surface area contributed by atoms with Gasteiger partial charge in [-0.2, -0.15) is 0 Å². The number of hydrogen-bond acceptors (Lipinski definition) is 7. The first-order valence-corrected chi connectivity index (χ1v) is 10.8. The van der Waals surface area contributed by atoms with Crippen molar-refractivity contribution in [3.05, 3.63) is 72.3 Å². The minimum Gasteiger partial charge on any atom is -0.453 e. The first-order valence-electron chi connectivity index (χ1n) is 10.8. The van der Waals surface area contributed by atoms with Crippen molar-refractivity contribution in [1.29, 1.82) is 0 Å². The fourth-order valence-corrected chi connectivity index (χ4v) is 4.85. The van der Waals surface area contributed by atoms with Crippen LogP contribution in [0.5, 0.6) is 0 Å². The molecule has 5 rings (SSSR count). The van der Waals surface area contributed by atoms with Crippen molar-refractivity contribution in [1.82, 2.24) is 15.0 Å². The predicted octanol–water partition coefficient (Wildman–Crippen LogP) is 1.49. The fraction of sp³-hybridized carbons (Fsp3) is 0.292. The van der Waals surface area contributed by atoms with E-state index in [1.54, 1.807) is 24.3 Å². The highest BCUT2D eigenvalue weighted by Crippen LogP contribution is 2.48. The minimum absolute atomic E-state index is 0.190. The Labute approximate surface area is 190 Å². The number of likely N-dealkylation sites (N-methyl/N-ethyl adjacent to an activating group) is 1. The molecule has 9 nitrogen and oxygen atoms in total. The smallest absolute Gasteiger partial charge is 0.348 e. The highest BCUT2D eigenvalue weighted by Gasteiger charge is 2.51. The summed E-state index contributed by atoms with van der Waals surface area (Å²) in [4.78, 5) is 37.3. The maximum Gasteiger partial charge on any atom is 0.348 e. The number of carbonyl (C=O) groups is 2. The molecule has 168 valence electrons. The lowest BCUT2D eigenvalue weighted by molar-refractivity contribution is -0.890. The second-order valence-corrected chi connectivity index (χ2v) is 8.81. The third-order valence-corrected chi connectivity index (χ3v) is 6.40. The summed E-state index contributed by atoms with van der Waals surface area (Å²) >= 11 is 0. The molecule has 1 fully saturated rings. The van der Waals surface area contributed by atoms with E-state index in [-0.39, 0.29) is 18.4 Å². The Balaban J connectivity index is 1.29. The average molecular weight is 446 g/mol. The van der Waals surface area contributed by atoms with Crippen LogP contribution in [0.2, 0.25) is 0 Å². The van der Waals surface area contributed by atoms with Gasteiger partial charge in [0.15, 0.2) is 12.6 Å². The normalized spacial score (nSPS) is 22.3. The first kappa shape index (κ1) is 21.2. The van der Waals surface area contributed by atoms with E-state index >= 15 is 0 Å². The van der Waals surface area contributed by atoms with E-state index in [1.165, 1.54) is 12.7 Å². The van der Waals surface area contributed by atoms with Gasteiger partial charge in [-0.3, -0.25) is 10.1 Å². The zero-order chi connectivity index (χ0) is 23.1. The molecule has 2 unspecified atom stereocenters. The number of anilines is 1. The van der Waals surface area contributed by atoms with Crippen LogP contribution in [-0.2, 0) is 19.9 Å². The number of rotatable bonds is 5. The van der Waals surface area contributed by atoms with Crippen molar-refractivity contribution in [2.24, 2.45) is 0 Å². The van der Waals surface area contributed by atoms with Crippen molar-refractivity contribution >= 4 is 17.8 Å². The van der Waals surface area contributed by atoms with E-state index in [0.717, 1.165) is 11.1 Å². The lowest BCUT2D eigenvalue weighted by atomic mass is 9.91. The van der Waals surface area contributed by atoms with Gasteiger partial charge in [-0.1, -0.05) is 48.5 Å². The van der Waals surface area contributed by atoms with E-state index in [2.05, 4.69) is 20.3 Å². The SMILES string of the molecule is C[N+]1(CC(=O)Nc2ncncn2)CCC(OC(=O)C2(O)c3ccccc3-c3ccccc32)C1. The number of nitrogens with one attached hydrogen (secondary N) is 1. The van der Waals surface area contributed by atoms with Crippen LogP contribution in [0.25, 0.3) is 11.1 Å². The van der Waals surface area contributed by atoms with E-state index in [1.807, 2.05) is 31.3 Å². The molecule has 1 aliphatic heterocycles. The summed E-state index contributed by atoms with van der Waals surface area (Å²) in [6.07, 6.45) is 2.82. The summed E-state index contributed by atoms with van der Waals surface area (Å²) in [6.45, 7) is 1.32. The quantitative estimate of drug-likeness (QED) is 0.451. The molecule has 2 heterocycles. The summed E-state index contributed by atoms with van der Waals surface area (Å²) in [7, 11) is 1.94. The lowest BCUT2D eigenvalue weighted by Crippen LogP contribution is -2.48. The number of nitrogens with zero attached hydrogens (tertiary/aromatic N) is 4. The van der Waals surface area contributed by atoms with Gasteiger partial charge in [-0.25, -0.2) is 19.7 Å². The first-order chi connectivity index (χ1) is 15.9. The number of fused-ring (bicyclic) bond motifs is 3. The summed E-state index contributed by atoms with van der Waals surface area (Å²) < 4.78 is 6.24. The van der Waals surface area contributed by atoms with Gasteiger partial charge < -0.3 is 14.3 Å². The second kappa shape index (κ2) is 8.02. The molecule has 33 heavy (non-hydrogen) atoms. The van der Waals surface area contributed by atoms with Crippen molar-refractivity contribution < 1.29 is 23.9 Å². The van der Waals surface area contributed by atoms with Crippen LogP contribution in [-0.4, -0.2) is 69.2 Å². The summed E-state index contributed by atoms with van der Waals surface area (Å²) in [5.41, 5.74) is 0.866. The second-order valence-electron chi connectivity index (χ2n) is 8.81. The molecule has 0 spiro atoms. The van der Waals surface area contributed by atoms with E-state index in [0.29, 0.717) is 35.1 Å². The van der Waals surface area contributed by atoms with Crippen molar-refractivity contribution in [2.45, 2.75) is 18.1 Å². The molecule has 1 saturated heterocycles. The molecular weight excluding hydrogens is 422 g/mol. The van der Waals surface area contributed by atoms with Gasteiger partial charge in [0.2, 0.25) is 11.5 Å². The molecule has 0 radical (unpaired) electrons. The predicted molar refractivity (Wildman–Crippen MR) is 119 cm³/mol. The van der Waals surface area contributed by atoms with Crippen LogP contribution in [0.3, 0.4) is 0 Å². The molecule has 9 heteroatoms. The molecule has 2 aliphatic rings.